The summed E-state index contributed by atoms with van der Waals surface area (Å²) in [5.74, 6) is -0.478. The highest BCUT2D eigenvalue weighted by Gasteiger charge is 2.21. The molecule has 4 aromatic rings. The number of thioether (sulfide) groups is 1. The fourth-order valence-corrected chi connectivity index (χ4v) is 3.72. The monoisotopic (exact) mass is 438 g/mol. The minimum atomic E-state index is -0.557. The number of benzene rings is 2. The zero-order valence-electron chi connectivity index (χ0n) is 15.5. The van der Waals surface area contributed by atoms with Gasteiger partial charge in [0.05, 0.1) is 0 Å². The van der Waals surface area contributed by atoms with Crippen LogP contribution in [0, 0.1) is 0 Å². The fraction of sp³-hybridized carbons (Fsp3) is 0.0476. The molecule has 0 saturated heterocycles. The van der Waals surface area contributed by atoms with Crippen LogP contribution in [0.5, 0.6) is 0 Å². The molecule has 0 aliphatic carbocycles. The van der Waals surface area contributed by atoms with Crippen LogP contribution in [-0.2, 0) is 5.75 Å². The molecule has 0 radical (unpaired) electrons. The van der Waals surface area contributed by atoms with Crippen LogP contribution in [0.1, 0.15) is 26.5 Å². The van der Waals surface area contributed by atoms with Gasteiger partial charge in [-0.15, -0.1) is 0 Å². The minimum absolute atomic E-state index is 0.121. The highest BCUT2D eigenvalue weighted by molar-refractivity contribution is 7.98. The molecule has 0 aliphatic heterocycles. The Labute approximate surface area is 180 Å². The summed E-state index contributed by atoms with van der Waals surface area (Å²) in [5, 5.41) is 1.92. The summed E-state index contributed by atoms with van der Waals surface area (Å²) >= 11 is 7.21. The van der Waals surface area contributed by atoms with E-state index in [1.54, 1.807) is 48.8 Å². The normalized spacial score (nSPS) is 10.7. The van der Waals surface area contributed by atoms with Gasteiger partial charge in [-0.05, 0) is 36.4 Å². The first-order chi connectivity index (χ1) is 14.6. The Hall–Kier alpha value is -3.36. The molecule has 30 heavy (non-hydrogen) atoms. The van der Waals surface area contributed by atoms with Crippen molar-refractivity contribution in [2.24, 2.45) is 0 Å². The number of fused-ring (bicyclic) bond motifs is 1. The molecule has 7 nitrogen and oxygen atoms in total. The molecule has 0 aliphatic rings. The Morgan fingerprint density at radius 2 is 1.63 bits per heavy atom. The van der Waals surface area contributed by atoms with Crippen molar-refractivity contribution >= 4 is 46.1 Å². The van der Waals surface area contributed by atoms with Crippen LogP contribution in [0.2, 0.25) is 5.02 Å². The summed E-state index contributed by atoms with van der Waals surface area (Å²) < 4.78 is 5.77. The molecule has 0 fully saturated rings. The number of rotatable bonds is 5. The second-order valence-corrected chi connectivity index (χ2v) is 7.52. The third-order valence-electron chi connectivity index (χ3n) is 4.19. The number of carbonyl (C=O) groups excluding carboxylic acids is 2. The number of furan rings is 1. The Bertz CT molecular complexity index is 1200. The van der Waals surface area contributed by atoms with E-state index >= 15 is 0 Å². The van der Waals surface area contributed by atoms with Gasteiger partial charge in [0.2, 0.25) is 0 Å². The van der Waals surface area contributed by atoms with Crippen LogP contribution in [0.4, 0.5) is 0 Å². The summed E-state index contributed by atoms with van der Waals surface area (Å²) in [4.78, 5) is 33.4. The molecule has 2 aromatic carbocycles. The van der Waals surface area contributed by atoms with Gasteiger partial charge in [-0.2, -0.15) is 0 Å². The highest BCUT2D eigenvalue weighted by Crippen LogP contribution is 2.30. The Kier molecular flexibility index (Phi) is 5.97. The number of aromatic nitrogens is 2. The van der Waals surface area contributed by atoms with Crippen molar-refractivity contribution in [3.05, 3.63) is 88.9 Å². The lowest BCUT2D eigenvalue weighted by Crippen LogP contribution is -2.41. The van der Waals surface area contributed by atoms with Gasteiger partial charge in [0.15, 0.2) is 10.9 Å². The molecule has 9 heteroatoms. The topological polar surface area (TPSA) is 97.1 Å². The summed E-state index contributed by atoms with van der Waals surface area (Å²) in [6.45, 7) is 0. The molecule has 150 valence electrons. The number of nitrogens with zero attached hydrogens (tertiary/aromatic N) is 2. The molecular weight excluding hydrogens is 424 g/mol. The van der Waals surface area contributed by atoms with Gasteiger partial charge < -0.3 is 4.42 Å². The van der Waals surface area contributed by atoms with E-state index in [0.717, 1.165) is 5.39 Å². The first-order valence-electron chi connectivity index (χ1n) is 8.88. The lowest BCUT2D eigenvalue weighted by atomic mass is 10.1. The third kappa shape index (κ3) is 4.45. The molecule has 0 saturated carbocycles. The second-order valence-electron chi connectivity index (χ2n) is 6.14. The molecule has 2 aromatic heterocycles. The Morgan fingerprint density at radius 3 is 2.40 bits per heavy atom. The zero-order valence-corrected chi connectivity index (χ0v) is 17.0. The molecule has 4 rings (SSSR count). The Morgan fingerprint density at radius 1 is 0.933 bits per heavy atom. The minimum Gasteiger partial charge on any atom is -0.451 e. The smallest absolute Gasteiger partial charge is 0.305 e. The molecular formula is C21H15ClN4O3S. The zero-order chi connectivity index (χ0) is 20.9. The number of nitrogens with one attached hydrogen (secondary N) is 2. The van der Waals surface area contributed by atoms with Gasteiger partial charge in [0.25, 0.3) is 5.91 Å². The first kappa shape index (κ1) is 19.9. The molecule has 2 amide bonds. The van der Waals surface area contributed by atoms with E-state index in [2.05, 4.69) is 20.8 Å². The van der Waals surface area contributed by atoms with Gasteiger partial charge in [-0.25, -0.2) is 9.97 Å². The van der Waals surface area contributed by atoms with E-state index in [1.165, 1.54) is 11.8 Å². The molecule has 0 unspecified atom stereocenters. The van der Waals surface area contributed by atoms with Crippen molar-refractivity contribution in [1.82, 2.24) is 20.8 Å². The second kappa shape index (κ2) is 8.98. The summed E-state index contributed by atoms with van der Waals surface area (Å²) in [6, 6.07) is 15.4. The number of para-hydroxylation sites is 1. The van der Waals surface area contributed by atoms with Crippen LogP contribution in [0.15, 0.2) is 76.6 Å². The molecule has 0 bridgehead atoms. The average Bonchev–Trinajstić information content (AvgIpc) is 3.16. The van der Waals surface area contributed by atoms with Crippen LogP contribution >= 0.6 is 23.4 Å². The molecule has 0 spiro atoms. The van der Waals surface area contributed by atoms with Crippen molar-refractivity contribution in [3.8, 4) is 0 Å². The first-order valence-corrected chi connectivity index (χ1v) is 10.2. The molecule has 2 N–H and O–H groups in total. The standard InChI is InChI=1S/C21H15ClN4O3S/c22-14-8-6-13(7-9-14)19(27)25-26-20(28)18-16(12-30-21-23-10-3-11-24-21)15-4-1-2-5-17(15)29-18/h1-11H,12H2,(H,25,27)(H,26,28). The number of amides is 2. The maximum Gasteiger partial charge on any atom is 0.305 e. The fourth-order valence-electron chi connectivity index (χ4n) is 2.77. The summed E-state index contributed by atoms with van der Waals surface area (Å²) in [6.07, 6.45) is 3.31. The quantitative estimate of drug-likeness (QED) is 0.275. The van der Waals surface area contributed by atoms with Gasteiger partial charge >= 0.3 is 5.91 Å². The van der Waals surface area contributed by atoms with E-state index < -0.39 is 11.8 Å². The number of carbonyl (C=O) groups is 2. The van der Waals surface area contributed by atoms with Crippen LogP contribution < -0.4 is 10.9 Å². The van der Waals surface area contributed by atoms with Crippen LogP contribution in [0.3, 0.4) is 0 Å². The van der Waals surface area contributed by atoms with E-state index in [1.807, 2.05) is 18.2 Å². The lowest BCUT2D eigenvalue weighted by Gasteiger charge is -2.07. The van der Waals surface area contributed by atoms with Gasteiger partial charge in [0, 0.05) is 39.7 Å². The van der Waals surface area contributed by atoms with Crippen molar-refractivity contribution in [2.45, 2.75) is 10.9 Å². The number of halogens is 1. The maximum absolute atomic E-state index is 12.8. The van der Waals surface area contributed by atoms with E-state index in [9.17, 15) is 9.59 Å². The predicted octanol–water partition coefficient (Wildman–Crippen LogP) is 4.24. The number of hydrogen-bond acceptors (Lipinski definition) is 6. The van der Waals surface area contributed by atoms with E-state index in [4.69, 9.17) is 16.0 Å². The van der Waals surface area contributed by atoms with Crippen LogP contribution in [0.25, 0.3) is 11.0 Å². The number of hydrogen-bond donors (Lipinski definition) is 2. The summed E-state index contributed by atoms with van der Waals surface area (Å²) in [7, 11) is 0. The van der Waals surface area contributed by atoms with Crippen molar-refractivity contribution in [1.29, 1.82) is 0 Å². The highest BCUT2D eigenvalue weighted by atomic mass is 35.5. The third-order valence-corrected chi connectivity index (χ3v) is 5.34. The number of hydrazine groups is 1. The van der Waals surface area contributed by atoms with Gasteiger partial charge in [-0.1, -0.05) is 41.6 Å². The largest absolute Gasteiger partial charge is 0.451 e. The van der Waals surface area contributed by atoms with Crippen molar-refractivity contribution in [3.63, 3.8) is 0 Å². The van der Waals surface area contributed by atoms with Crippen molar-refractivity contribution in [2.75, 3.05) is 0 Å². The maximum atomic E-state index is 12.8. The predicted molar refractivity (Wildman–Crippen MR) is 114 cm³/mol. The van der Waals surface area contributed by atoms with E-state index in [-0.39, 0.29) is 5.76 Å². The SMILES string of the molecule is O=C(NNC(=O)c1oc2ccccc2c1CSc1ncccn1)c1ccc(Cl)cc1. The van der Waals surface area contributed by atoms with Gasteiger partial charge in [-0.3, -0.25) is 20.4 Å². The van der Waals surface area contributed by atoms with Gasteiger partial charge in [0.1, 0.15) is 5.58 Å². The van der Waals surface area contributed by atoms with Crippen LogP contribution in [-0.4, -0.2) is 21.8 Å². The molecule has 2 heterocycles. The molecule has 0 atom stereocenters. The summed E-state index contributed by atoms with van der Waals surface area (Å²) in [5.41, 5.74) is 6.43. The Balaban J connectivity index is 1.52. The average molecular weight is 439 g/mol. The lowest BCUT2D eigenvalue weighted by molar-refractivity contribution is 0.0831. The van der Waals surface area contributed by atoms with E-state index in [0.29, 0.717) is 32.6 Å². The van der Waals surface area contributed by atoms with Crippen molar-refractivity contribution < 1.29 is 14.0 Å².